The average Bonchev–Trinajstić information content (AvgIpc) is 2.50. The molecule has 1 fully saturated rings. The third-order valence-electron chi connectivity index (χ3n) is 3.71. The van der Waals surface area contributed by atoms with Gasteiger partial charge in [0.25, 0.3) is 5.91 Å². The van der Waals surface area contributed by atoms with Gasteiger partial charge in [0.15, 0.2) is 11.6 Å². The van der Waals surface area contributed by atoms with Crippen molar-refractivity contribution >= 4 is 5.91 Å². The van der Waals surface area contributed by atoms with Crippen LogP contribution >= 0.6 is 0 Å². The Morgan fingerprint density at radius 3 is 2.64 bits per heavy atom. The standard InChI is InChI=1S/C16H21F2NO3/c1-3-21-11(2)16(20)19-8-6-13(7-9-19)22-15-5-4-12(17)10-14(15)18/h4-5,10-11,13H,3,6-9H2,1-2H3/t11-/m1/s1. The number of halogens is 2. The number of likely N-dealkylation sites (tertiary alicyclic amines) is 1. The Morgan fingerprint density at radius 2 is 2.05 bits per heavy atom. The van der Waals surface area contributed by atoms with E-state index in [0.29, 0.717) is 32.5 Å². The van der Waals surface area contributed by atoms with E-state index in [9.17, 15) is 13.6 Å². The van der Waals surface area contributed by atoms with Gasteiger partial charge in [0.2, 0.25) is 0 Å². The molecule has 1 amide bonds. The fraction of sp³-hybridized carbons (Fsp3) is 0.562. The van der Waals surface area contributed by atoms with E-state index in [1.807, 2.05) is 6.92 Å². The van der Waals surface area contributed by atoms with Gasteiger partial charge in [-0.15, -0.1) is 0 Å². The van der Waals surface area contributed by atoms with E-state index >= 15 is 0 Å². The normalized spacial score (nSPS) is 17.4. The molecule has 1 heterocycles. The molecule has 2 rings (SSSR count). The molecule has 0 saturated carbocycles. The number of rotatable bonds is 5. The van der Waals surface area contributed by atoms with Crippen molar-refractivity contribution in [1.82, 2.24) is 4.90 Å². The first-order chi connectivity index (χ1) is 10.5. The summed E-state index contributed by atoms with van der Waals surface area (Å²) in [5, 5.41) is 0. The number of carbonyl (C=O) groups is 1. The highest BCUT2D eigenvalue weighted by Crippen LogP contribution is 2.23. The average molecular weight is 313 g/mol. The van der Waals surface area contributed by atoms with Crippen LogP contribution in [0.15, 0.2) is 18.2 Å². The Hall–Kier alpha value is -1.69. The summed E-state index contributed by atoms with van der Waals surface area (Å²) in [5.41, 5.74) is 0. The maximum absolute atomic E-state index is 13.6. The van der Waals surface area contributed by atoms with Crippen LogP contribution in [0, 0.1) is 11.6 Å². The van der Waals surface area contributed by atoms with Crippen LogP contribution < -0.4 is 4.74 Å². The molecule has 6 heteroatoms. The summed E-state index contributed by atoms with van der Waals surface area (Å²) in [5.74, 6) is -1.32. The highest BCUT2D eigenvalue weighted by Gasteiger charge is 2.27. The molecule has 1 aromatic rings. The Labute approximate surface area is 129 Å². The van der Waals surface area contributed by atoms with Gasteiger partial charge < -0.3 is 14.4 Å². The van der Waals surface area contributed by atoms with E-state index < -0.39 is 17.7 Å². The third-order valence-corrected chi connectivity index (χ3v) is 3.71. The minimum absolute atomic E-state index is 0.0340. The Morgan fingerprint density at radius 1 is 1.36 bits per heavy atom. The number of hydrogen-bond donors (Lipinski definition) is 0. The van der Waals surface area contributed by atoms with Crippen molar-refractivity contribution in [1.29, 1.82) is 0 Å². The Kier molecular flexibility index (Phi) is 5.71. The topological polar surface area (TPSA) is 38.8 Å². The smallest absolute Gasteiger partial charge is 0.251 e. The Balaban J connectivity index is 1.85. The van der Waals surface area contributed by atoms with Crippen molar-refractivity contribution in [2.24, 2.45) is 0 Å². The van der Waals surface area contributed by atoms with Crippen LogP contribution in [-0.2, 0) is 9.53 Å². The first-order valence-corrected chi connectivity index (χ1v) is 7.53. The van der Waals surface area contributed by atoms with E-state index in [0.717, 1.165) is 6.07 Å². The zero-order valence-corrected chi connectivity index (χ0v) is 12.9. The first-order valence-electron chi connectivity index (χ1n) is 7.53. The third kappa shape index (κ3) is 4.16. The Bertz CT molecular complexity index is 516. The summed E-state index contributed by atoms with van der Waals surface area (Å²) >= 11 is 0. The molecule has 0 radical (unpaired) electrons. The molecule has 1 aliphatic heterocycles. The maximum atomic E-state index is 13.6. The van der Waals surface area contributed by atoms with Gasteiger partial charge in [-0.05, 0) is 26.0 Å². The van der Waals surface area contributed by atoms with Gasteiger partial charge in [-0.1, -0.05) is 0 Å². The number of piperidine rings is 1. The van der Waals surface area contributed by atoms with Crippen molar-refractivity contribution in [2.45, 2.75) is 38.9 Å². The number of amides is 1. The lowest BCUT2D eigenvalue weighted by Crippen LogP contribution is -2.46. The monoisotopic (exact) mass is 313 g/mol. The van der Waals surface area contributed by atoms with Crippen molar-refractivity contribution in [3.63, 3.8) is 0 Å². The highest BCUT2D eigenvalue weighted by molar-refractivity contribution is 5.80. The zero-order chi connectivity index (χ0) is 16.1. The molecule has 4 nitrogen and oxygen atoms in total. The summed E-state index contributed by atoms with van der Waals surface area (Å²) in [6.45, 7) is 5.17. The van der Waals surface area contributed by atoms with Crippen molar-refractivity contribution in [3.8, 4) is 5.75 Å². The van der Waals surface area contributed by atoms with Crippen molar-refractivity contribution in [3.05, 3.63) is 29.8 Å². The number of hydrogen-bond acceptors (Lipinski definition) is 3. The van der Waals surface area contributed by atoms with Gasteiger partial charge in [0.05, 0.1) is 0 Å². The molecule has 1 aromatic carbocycles. The fourth-order valence-electron chi connectivity index (χ4n) is 2.52. The van der Waals surface area contributed by atoms with Crippen LogP contribution in [0.2, 0.25) is 0 Å². The summed E-state index contributed by atoms with van der Waals surface area (Å²) in [4.78, 5) is 13.8. The molecular formula is C16H21F2NO3. The van der Waals surface area contributed by atoms with Gasteiger partial charge in [0.1, 0.15) is 18.0 Å². The number of benzene rings is 1. The molecule has 0 N–H and O–H groups in total. The highest BCUT2D eigenvalue weighted by atomic mass is 19.1. The van der Waals surface area contributed by atoms with Gasteiger partial charge >= 0.3 is 0 Å². The largest absolute Gasteiger partial charge is 0.487 e. The van der Waals surface area contributed by atoms with Crippen LogP contribution in [0.5, 0.6) is 5.75 Å². The second-order valence-corrected chi connectivity index (χ2v) is 5.31. The van der Waals surface area contributed by atoms with Crippen LogP contribution in [0.1, 0.15) is 26.7 Å². The van der Waals surface area contributed by atoms with Crippen molar-refractivity contribution < 1.29 is 23.0 Å². The van der Waals surface area contributed by atoms with Crippen LogP contribution in [0.25, 0.3) is 0 Å². The summed E-state index contributed by atoms with van der Waals surface area (Å²) in [6, 6.07) is 3.26. The van der Waals surface area contributed by atoms with Gasteiger partial charge in [-0.25, -0.2) is 8.78 Å². The lowest BCUT2D eigenvalue weighted by atomic mass is 10.1. The molecular weight excluding hydrogens is 292 g/mol. The van der Waals surface area contributed by atoms with E-state index in [-0.39, 0.29) is 17.8 Å². The van der Waals surface area contributed by atoms with E-state index in [1.165, 1.54) is 12.1 Å². The number of ether oxygens (including phenoxy) is 2. The molecule has 0 aromatic heterocycles. The molecule has 0 spiro atoms. The van der Waals surface area contributed by atoms with Gasteiger partial charge in [-0.2, -0.15) is 0 Å². The van der Waals surface area contributed by atoms with E-state index in [1.54, 1.807) is 11.8 Å². The molecule has 22 heavy (non-hydrogen) atoms. The molecule has 0 aliphatic carbocycles. The molecule has 1 aliphatic rings. The minimum Gasteiger partial charge on any atom is -0.487 e. The first kappa shape index (κ1) is 16.7. The van der Waals surface area contributed by atoms with E-state index in [4.69, 9.17) is 9.47 Å². The lowest BCUT2D eigenvalue weighted by molar-refractivity contribution is -0.144. The zero-order valence-electron chi connectivity index (χ0n) is 12.9. The van der Waals surface area contributed by atoms with Gasteiger partial charge in [0, 0.05) is 38.6 Å². The summed E-state index contributed by atoms with van der Waals surface area (Å²) < 4.78 is 37.3. The molecule has 0 unspecified atom stereocenters. The summed E-state index contributed by atoms with van der Waals surface area (Å²) in [7, 11) is 0. The van der Waals surface area contributed by atoms with Crippen molar-refractivity contribution in [2.75, 3.05) is 19.7 Å². The summed E-state index contributed by atoms with van der Waals surface area (Å²) in [6.07, 6.45) is 0.603. The van der Waals surface area contributed by atoms with Crippen LogP contribution in [0.4, 0.5) is 8.78 Å². The van der Waals surface area contributed by atoms with Crippen LogP contribution in [0.3, 0.4) is 0 Å². The molecule has 122 valence electrons. The number of nitrogens with zero attached hydrogens (tertiary/aromatic N) is 1. The fourth-order valence-corrected chi connectivity index (χ4v) is 2.52. The van der Waals surface area contributed by atoms with E-state index in [2.05, 4.69) is 0 Å². The lowest BCUT2D eigenvalue weighted by Gasteiger charge is -2.33. The minimum atomic E-state index is -0.705. The maximum Gasteiger partial charge on any atom is 0.251 e. The quantitative estimate of drug-likeness (QED) is 0.839. The second kappa shape index (κ2) is 7.54. The van der Waals surface area contributed by atoms with Gasteiger partial charge in [-0.3, -0.25) is 4.79 Å². The number of carbonyl (C=O) groups excluding carboxylic acids is 1. The predicted molar refractivity (Wildman–Crippen MR) is 77.7 cm³/mol. The van der Waals surface area contributed by atoms with Crippen LogP contribution in [-0.4, -0.2) is 42.7 Å². The molecule has 0 bridgehead atoms. The second-order valence-electron chi connectivity index (χ2n) is 5.31. The SMILES string of the molecule is CCO[C@H](C)C(=O)N1CCC(Oc2ccc(F)cc2F)CC1. The molecule has 1 atom stereocenters. The molecule has 1 saturated heterocycles. The predicted octanol–water partition coefficient (Wildman–Crippen LogP) is 2.76.